The molecule has 2 unspecified atom stereocenters. The average molecular weight is 745 g/mol. The average Bonchev–Trinajstić information content (AvgIpc) is 3.11. The number of rotatable bonds is 36. The van der Waals surface area contributed by atoms with Gasteiger partial charge >= 0.3 is 17.9 Å². The predicted molar refractivity (Wildman–Crippen MR) is 220 cm³/mol. The van der Waals surface area contributed by atoms with Crippen LogP contribution in [-0.4, -0.2) is 80.6 Å². The third kappa shape index (κ3) is 34.5. The highest BCUT2D eigenvalue weighted by Crippen LogP contribution is 2.15. The molecule has 0 fully saturated rings. The molecule has 304 valence electrons. The molecule has 0 aliphatic rings. The van der Waals surface area contributed by atoms with E-state index in [-0.39, 0.29) is 42.7 Å². The lowest BCUT2D eigenvalue weighted by atomic mass is 10.0. The molecule has 0 spiro atoms. The molecule has 0 amide bonds. The summed E-state index contributed by atoms with van der Waals surface area (Å²) in [7, 11) is 5.50. The van der Waals surface area contributed by atoms with E-state index in [0.29, 0.717) is 19.3 Å². The molecule has 0 aliphatic carbocycles. The number of ether oxygens (including phenoxy) is 3. The zero-order valence-corrected chi connectivity index (χ0v) is 34.4. The van der Waals surface area contributed by atoms with Gasteiger partial charge in [-0.25, -0.2) is 4.79 Å². The van der Waals surface area contributed by atoms with Gasteiger partial charge in [0.25, 0.3) is 0 Å². The van der Waals surface area contributed by atoms with E-state index in [0.717, 1.165) is 32.1 Å². The van der Waals surface area contributed by atoms with Crippen LogP contribution < -0.4 is 0 Å². The summed E-state index contributed by atoms with van der Waals surface area (Å²) in [4.78, 5) is 36.9. The fourth-order valence-electron chi connectivity index (χ4n) is 5.83. The molecule has 0 rings (SSSR count). The van der Waals surface area contributed by atoms with Crippen LogP contribution >= 0.6 is 0 Å². The SMILES string of the molecule is CC/C=C/C=C/C=C/C=C/C=C/CCCC(=O)OCC(COCCC(C(=O)O)[N+](C)(C)C)OC(=O)CCCCCCCCCCCCCCCCCC. The van der Waals surface area contributed by atoms with Gasteiger partial charge < -0.3 is 23.8 Å². The highest BCUT2D eigenvalue weighted by molar-refractivity contribution is 5.72. The van der Waals surface area contributed by atoms with E-state index in [9.17, 15) is 19.5 Å². The number of nitrogens with zero attached hydrogens (tertiary/aromatic N) is 1. The molecule has 0 saturated heterocycles. The molecular formula is C45H78NO7+. The van der Waals surface area contributed by atoms with Gasteiger partial charge in [-0.1, -0.05) is 171 Å². The number of carbonyl (C=O) groups is 3. The molecule has 1 N–H and O–H groups in total. The molecule has 8 heteroatoms. The molecule has 0 aromatic rings. The van der Waals surface area contributed by atoms with Crippen molar-refractivity contribution in [2.24, 2.45) is 0 Å². The normalized spacial score (nSPS) is 13.6. The van der Waals surface area contributed by atoms with Gasteiger partial charge in [-0.05, 0) is 25.7 Å². The molecule has 0 aromatic heterocycles. The molecule has 0 aliphatic heterocycles. The summed E-state index contributed by atoms with van der Waals surface area (Å²) >= 11 is 0. The van der Waals surface area contributed by atoms with Crippen molar-refractivity contribution >= 4 is 17.9 Å². The zero-order valence-electron chi connectivity index (χ0n) is 34.4. The summed E-state index contributed by atoms with van der Waals surface area (Å²) in [5, 5.41) is 9.60. The van der Waals surface area contributed by atoms with Crippen LogP contribution in [0.25, 0.3) is 0 Å². The Hall–Kier alpha value is -2.97. The number of hydrogen-bond donors (Lipinski definition) is 1. The highest BCUT2D eigenvalue weighted by Gasteiger charge is 2.31. The topological polar surface area (TPSA) is 99.1 Å². The van der Waals surface area contributed by atoms with Crippen molar-refractivity contribution in [3.63, 3.8) is 0 Å². The number of hydrogen-bond acceptors (Lipinski definition) is 6. The van der Waals surface area contributed by atoms with E-state index >= 15 is 0 Å². The van der Waals surface area contributed by atoms with Gasteiger partial charge in [0.1, 0.15) is 6.61 Å². The molecular weight excluding hydrogens is 666 g/mol. The molecule has 2 atom stereocenters. The molecule has 0 saturated carbocycles. The Morgan fingerprint density at radius 2 is 1.06 bits per heavy atom. The number of carbonyl (C=O) groups excluding carboxylic acids is 2. The fraction of sp³-hybridized carbons (Fsp3) is 0.711. The van der Waals surface area contributed by atoms with Crippen molar-refractivity contribution in [1.82, 2.24) is 0 Å². The summed E-state index contributed by atoms with van der Waals surface area (Å²) in [6.07, 6.45) is 42.7. The first-order valence-electron chi connectivity index (χ1n) is 20.9. The zero-order chi connectivity index (χ0) is 39.3. The summed E-state index contributed by atoms with van der Waals surface area (Å²) in [6, 6.07) is -0.625. The van der Waals surface area contributed by atoms with E-state index in [2.05, 4.69) is 19.9 Å². The quantitative estimate of drug-likeness (QED) is 0.0295. The summed E-state index contributed by atoms with van der Waals surface area (Å²) in [5.41, 5.74) is 0. The monoisotopic (exact) mass is 745 g/mol. The third-order valence-corrected chi connectivity index (χ3v) is 9.06. The van der Waals surface area contributed by atoms with Crippen LogP contribution in [0.4, 0.5) is 0 Å². The van der Waals surface area contributed by atoms with E-state index in [1.165, 1.54) is 83.5 Å². The maximum absolute atomic E-state index is 12.7. The van der Waals surface area contributed by atoms with E-state index in [1.54, 1.807) is 0 Å². The maximum Gasteiger partial charge on any atom is 0.362 e. The lowest BCUT2D eigenvalue weighted by Gasteiger charge is -2.31. The lowest BCUT2D eigenvalue weighted by molar-refractivity contribution is -0.887. The number of quaternary nitrogens is 1. The Bertz CT molecular complexity index is 1050. The first-order chi connectivity index (χ1) is 25.6. The first-order valence-corrected chi connectivity index (χ1v) is 20.9. The lowest BCUT2D eigenvalue weighted by Crippen LogP contribution is -2.50. The molecule has 0 aromatic carbocycles. The fourth-order valence-corrected chi connectivity index (χ4v) is 5.83. The van der Waals surface area contributed by atoms with Gasteiger partial charge in [-0.15, -0.1) is 0 Å². The summed E-state index contributed by atoms with van der Waals surface area (Å²) in [6.45, 7) is 4.51. The van der Waals surface area contributed by atoms with Crippen LogP contribution in [0.2, 0.25) is 0 Å². The van der Waals surface area contributed by atoms with E-state index < -0.39 is 18.1 Å². The van der Waals surface area contributed by atoms with Crippen LogP contribution in [0.1, 0.15) is 155 Å². The molecule has 53 heavy (non-hydrogen) atoms. The molecule has 0 heterocycles. The third-order valence-electron chi connectivity index (χ3n) is 9.06. The molecule has 0 bridgehead atoms. The number of allylic oxidation sites excluding steroid dienone is 10. The summed E-state index contributed by atoms with van der Waals surface area (Å²) in [5.74, 6) is -1.56. The molecule has 0 radical (unpaired) electrons. The predicted octanol–water partition coefficient (Wildman–Crippen LogP) is 11.0. The van der Waals surface area contributed by atoms with E-state index in [1.807, 2.05) is 75.8 Å². The largest absolute Gasteiger partial charge is 0.477 e. The van der Waals surface area contributed by atoms with Gasteiger partial charge in [0, 0.05) is 19.3 Å². The molecule has 8 nitrogen and oxygen atoms in total. The van der Waals surface area contributed by atoms with Crippen LogP contribution in [0.15, 0.2) is 60.8 Å². The second kappa shape index (κ2) is 36.0. The Morgan fingerprint density at radius 1 is 0.585 bits per heavy atom. The maximum atomic E-state index is 12.7. The minimum Gasteiger partial charge on any atom is -0.477 e. The Kier molecular flexibility index (Phi) is 34.0. The number of unbranched alkanes of at least 4 members (excludes halogenated alkanes) is 16. The van der Waals surface area contributed by atoms with Gasteiger partial charge in [0.05, 0.1) is 34.4 Å². The van der Waals surface area contributed by atoms with Crippen LogP contribution in [0.5, 0.6) is 0 Å². The van der Waals surface area contributed by atoms with Crippen LogP contribution in [0.3, 0.4) is 0 Å². The standard InChI is InChI=1S/C45H77NO7/c1-6-8-10-12-14-16-18-20-21-22-24-26-28-30-32-34-36-44(48)53-41(39-51-38-37-42(45(49)50)46(3,4)5)40-52-43(47)35-33-31-29-27-25-23-19-17-15-13-11-9-7-2/h9,11,13,15,17,19,23,25,27,29,41-42H,6-8,10,12,14,16,18,20-22,24,26,28,30-40H2,1-5H3/p+1/b11-9+,15-13+,19-17+,25-23+,29-27+. The smallest absolute Gasteiger partial charge is 0.362 e. The van der Waals surface area contributed by atoms with Crippen molar-refractivity contribution in [2.45, 2.75) is 167 Å². The minimum absolute atomic E-state index is 0.0379. The van der Waals surface area contributed by atoms with Crippen molar-refractivity contribution in [2.75, 3.05) is 41.0 Å². The Labute approximate surface area is 324 Å². The number of aliphatic carboxylic acids is 1. The van der Waals surface area contributed by atoms with Gasteiger partial charge in [0.15, 0.2) is 12.1 Å². The van der Waals surface area contributed by atoms with Gasteiger partial charge in [-0.3, -0.25) is 9.59 Å². The first kappa shape index (κ1) is 50.0. The van der Waals surface area contributed by atoms with Crippen molar-refractivity contribution < 1.29 is 38.2 Å². The van der Waals surface area contributed by atoms with Gasteiger partial charge in [-0.2, -0.15) is 0 Å². The van der Waals surface area contributed by atoms with Crippen molar-refractivity contribution in [3.8, 4) is 0 Å². The van der Waals surface area contributed by atoms with Crippen LogP contribution in [-0.2, 0) is 28.6 Å². The van der Waals surface area contributed by atoms with E-state index in [4.69, 9.17) is 14.2 Å². The number of likely N-dealkylation sites (N-methyl/N-ethyl adjacent to an activating group) is 1. The second-order valence-electron chi connectivity index (χ2n) is 15.0. The summed E-state index contributed by atoms with van der Waals surface area (Å²) < 4.78 is 17.2. The minimum atomic E-state index is -0.886. The Balaban J connectivity index is 4.46. The van der Waals surface area contributed by atoms with Crippen LogP contribution in [0, 0.1) is 0 Å². The number of carboxylic acid groups (broad SMARTS) is 1. The number of esters is 2. The second-order valence-corrected chi connectivity index (χ2v) is 15.0. The highest BCUT2D eigenvalue weighted by atomic mass is 16.6. The van der Waals surface area contributed by atoms with Crippen molar-refractivity contribution in [3.05, 3.63) is 60.8 Å². The number of carboxylic acids is 1. The van der Waals surface area contributed by atoms with Crippen molar-refractivity contribution in [1.29, 1.82) is 0 Å². The van der Waals surface area contributed by atoms with Gasteiger partial charge in [0.2, 0.25) is 0 Å². The Morgan fingerprint density at radius 3 is 1.55 bits per heavy atom.